The molecule has 1 rings (SSSR count). The molecule has 0 aromatic carbocycles. The van der Waals surface area contributed by atoms with Gasteiger partial charge in [0, 0.05) is 6.54 Å². The van der Waals surface area contributed by atoms with Crippen LogP contribution in [0, 0.1) is 5.92 Å². The summed E-state index contributed by atoms with van der Waals surface area (Å²) in [5.41, 5.74) is 16.6. The molecule has 29 heavy (non-hydrogen) atoms. The molecule has 10 heteroatoms. The van der Waals surface area contributed by atoms with E-state index in [0.29, 0.717) is 19.4 Å². The average molecular weight is 412 g/mol. The van der Waals surface area contributed by atoms with Gasteiger partial charge in [0.25, 0.3) is 0 Å². The van der Waals surface area contributed by atoms with Gasteiger partial charge in [-0.2, -0.15) is 0 Å². The summed E-state index contributed by atoms with van der Waals surface area (Å²) in [6, 6.07) is -1.93. The Bertz CT molecular complexity index is 592. The first-order chi connectivity index (χ1) is 13.7. The molecule has 1 aliphatic heterocycles. The van der Waals surface area contributed by atoms with Crippen LogP contribution < -0.4 is 27.8 Å². The number of nitrogens with one attached hydrogen (secondary N) is 2. The van der Waals surface area contributed by atoms with E-state index >= 15 is 0 Å². The second kappa shape index (κ2) is 12.4. The normalized spacial score (nSPS) is 19.8. The summed E-state index contributed by atoms with van der Waals surface area (Å²) >= 11 is 0. The average Bonchev–Trinajstić information content (AvgIpc) is 3.17. The quantitative estimate of drug-likeness (QED) is 0.165. The lowest BCUT2D eigenvalue weighted by Gasteiger charge is -2.25. The van der Waals surface area contributed by atoms with Gasteiger partial charge < -0.3 is 22.5 Å². The van der Waals surface area contributed by atoms with E-state index in [2.05, 4.69) is 15.6 Å². The lowest BCUT2D eigenvalue weighted by atomic mass is 9.98. The molecule has 8 N–H and O–H groups in total. The zero-order valence-corrected chi connectivity index (χ0v) is 17.8. The Morgan fingerprint density at radius 1 is 1.21 bits per heavy atom. The largest absolute Gasteiger partial charge is 0.370 e. The van der Waals surface area contributed by atoms with E-state index in [1.165, 1.54) is 0 Å². The molecular weight excluding hydrogens is 374 g/mol. The summed E-state index contributed by atoms with van der Waals surface area (Å²) in [5.74, 6) is -1.34. The van der Waals surface area contributed by atoms with Crippen molar-refractivity contribution in [2.75, 3.05) is 19.6 Å². The molecule has 1 aliphatic rings. The van der Waals surface area contributed by atoms with Gasteiger partial charge in [0.2, 0.25) is 17.7 Å². The van der Waals surface area contributed by atoms with Crippen molar-refractivity contribution in [3.8, 4) is 0 Å². The molecule has 3 amide bonds. The number of amides is 3. The lowest BCUT2D eigenvalue weighted by molar-refractivity contribution is -0.136. The molecule has 0 aliphatic carbocycles. The van der Waals surface area contributed by atoms with Gasteiger partial charge in [0.15, 0.2) is 5.96 Å². The van der Waals surface area contributed by atoms with E-state index in [1.807, 2.05) is 25.7 Å². The van der Waals surface area contributed by atoms with Crippen molar-refractivity contribution >= 4 is 23.7 Å². The Morgan fingerprint density at radius 3 is 2.48 bits per heavy atom. The summed E-state index contributed by atoms with van der Waals surface area (Å²) < 4.78 is 0. The summed E-state index contributed by atoms with van der Waals surface area (Å²) in [6.07, 6.45) is 3.13. The van der Waals surface area contributed by atoms with Gasteiger partial charge in [0.1, 0.15) is 6.04 Å². The Balaban J connectivity index is 2.77. The fourth-order valence-corrected chi connectivity index (χ4v) is 3.35. The second-order valence-electron chi connectivity index (χ2n) is 7.56. The molecule has 4 atom stereocenters. The monoisotopic (exact) mass is 411 g/mol. The first-order valence-electron chi connectivity index (χ1n) is 10.4. The summed E-state index contributed by atoms with van der Waals surface area (Å²) in [7, 11) is 0. The zero-order chi connectivity index (χ0) is 22.0. The molecule has 0 radical (unpaired) electrons. The van der Waals surface area contributed by atoms with Crippen LogP contribution in [0.15, 0.2) is 4.99 Å². The number of carbonyl (C=O) groups excluding carboxylic acids is 3. The van der Waals surface area contributed by atoms with Gasteiger partial charge >= 0.3 is 0 Å². The molecule has 1 saturated heterocycles. The van der Waals surface area contributed by atoms with E-state index in [0.717, 1.165) is 25.9 Å². The van der Waals surface area contributed by atoms with Crippen LogP contribution in [0.2, 0.25) is 0 Å². The number of imide groups is 1. The topological polar surface area (TPSA) is 169 Å². The number of aliphatic imine (C=N–C) groups is 1. The molecule has 10 nitrogen and oxygen atoms in total. The third-order valence-electron chi connectivity index (χ3n) is 5.46. The van der Waals surface area contributed by atoms with Crippen molar-refractivity contribution < 1.29 is 14.4 Å². The number of nitrogens with zero attached hydrogens (tertiary/aromatic N) is 2. The van der Waals surface area contributed by atoms with E-state index in [1.54, 1.807) is 0 Å². The second-order valence-corrected chi connectivity index (χ2v) is 7.56. The van der Waals surface area contributed by atoms with Crippen molar-refractivity contribution in [1.29, 1.82) is 0 Å². The number of nitrogens with two attached hydrogens (primary N) is 3. The maximum atomic E-state index is 12.7. The maximum Gasteiger partial charge on any atom is 0.249 e. The summed E-state index contributed by atoms with van der Waals surface area (Å²) in [5, 5.41) is 5.15. The molecule has 166 valence electrons. The van der Waals surface area contributed by atoms with Crippen LogP contribution in [-0.2, 0) is 14.4 Å². The lowest BCUT2D eigenvalue weighted by Crippen LogP contribution is -2.55. The van der Waals surface area contributed by atoms with Crippen molar-refractivity contribution in [3.63, 3.8) is 0 Å². The smallest absolute Gasteiger partial charge is 0.249 e. The van der Waals surface area contributed by atoms with E-state index in [9.17, 15) is 14.4 Å². The van der Waals surface area contributed by atoms with E-state index in [4.69, 9.17) is 17.2 Å². The van der Waals surface area contributed by atoms with Crippen LogP contribution in [0.3, 0.4) is 0 Å². The number of carbonyl (C=O) groups is 3. The third kappa shape index (κ3) is 7.98. The van der Waals surface area contributed by atoms with Crippen LogP contribution in [0.5, 0.6) is 0 Å². The Hall–Kier alpha value is -2.20. The number of hydrogen-bond acceptors (Lipinski definition) is 6. The standard InChI is InChI=1S/C19H37N7O3/c1-4-12(3)15(20)18(29)24-13(8-6-10-23-19(21)22)16(27)25-17(28)14-9-7-11-26(14)5-2/h12-15H,4-11,20H2,1-3H3,(H,24,29)(H4,21,22,23)(H,25,27,28)/t12-,13-,14-,15-/m0/s1. The van der Waals surface area contributed by atoms with Crippen molar-refractivity contribution in [1.82, 2.24) is 15.5 Å². The predicted octanol–water partition coefficient (Wildman–Crippen LogP) is -0.975. The number of rotatable bonds is 11. The number of likely N-dealkylation sites (tertiary alicyclic amines) is 1. The zero-order valence-electron chi connectivity index (χ0n) is 17.8. The van der Waals surface area contributed by atoms with Gasteiger partial charge in [-0.25, -0.2) is 0 Å². The molecule has 0 bridgehead atoms. The molecule has 0 saturated carbocycles. The maximum absolute atomic E-state index is 12.7. The van der Waals surface area contributed by atoms with E-state index < -0.39 is 23.9 Å². The number of likely N-dealkylation sites (N-methyl/N-ethyl adjacent to an activating group) is 1. The highest BCUT2D eigenvalue weighted by molar-refractivity contribution is 6.01. The highest BCUT2D eigenvalue weighted by atomic mass is 16.2. The predicted molar refractivity (Wildman–Crippen MR) is 113 cm³/mol. The number of guanidine groups is 1. The van der Waals surface area contributed by atoms with Gasteiger partial charge in [-0.1, -0.05) is 27.2 Å². The minimum atomic E-state index is -0.882. The third-order valence-corrected chi connectivity index (χ3v) is 5.46. The first kappa shape index (κ1) is 24.8. The first-order valence-corrected chi connectivity index (χ1v) is 10.4. The number of hydrogen-bond donors (Lipinski definition) is 5. The Kier molecular flexibility index (Phi) is 10.6. The summed E-state index contributed by atoms with van der Waals surface area (Å²) in [4.78, 5) is 43.7. The molecule has 0 aromatic heterocycles. The molecule has 1 fully saturated rings. The van der Waals surface area contributed by atoms with Crippen molar-refractivity contribution in [2.45, 2.75) is 71.0 Å². The minimum Gasteiger partial charge on any atom is -0.370 e. The van der Waals surface area contributed by atoms with Gasteiger partial charge in [0.05, 0.1) is 12.1 Å². The van der Waals surface area contributed by atoms with Crippen LogP contribution in [0.1, 0.15) is 52.9 Å². The van der Waals surface area contributed by atoms with Crippen molar-refractivity contribution in [2.24, 2.45) is 28.1 Å². The van der Waals surface area contributed by atoms with Gasteiger partial charge in [-0.15, -0.1) is 0 Å². The van der Waals surface area contributed by atoms with Crippen LogP contribution in [-0.4, -0.2) is 66.3 Å². The molecular formula is C19H37N7O3. The van der Waals surface area contributed by atoms with Crippen molar-refractivity contribution in [3.05, 3.63) is 0 Å². The highest BCUT2D eigenvalue weighted by Crippen LogP contribution is 2.16. The molecule has 0 aromatic rings. The van der Waals surface area contributed by atoms with Crippen LogP contribution in [0.25, 0.3) is 0 Å². The Morgan fingerprint density at radius 2 is 1.90 bits per heavy atom. The van der Waals surface area contributed by atoms with E-state index in [-0.39, 0.29) is 30.2 Å². The SMILES string of the molecule is CC[C@H](C)[C@H](N)C(=O)N[C@@H](CCCN=C(N)N)C(=O)NC(=O)[C@@H]1CCCN1CC. The fraction of sp³-hybridized carbons (Fsp3) is 0.789. The minimum absolute atomic E-state index is 0.0291. The fourth-order valence-electron chi connectivity index (χ4n) is 3.35. The molecule has 0 spiro atoms. The van der Waals surface area contributed by atoms with Gasteiger partial charge in [-0.3, -0.25) is 29.6 Å². The molecule has 0 unspecified atom stereocenters. The van der Waals surface area contributed by atoms with Gasteiger partial charge in [-0.05, 0) is 44.7 Å². The molecule has 1 heterocycles. The van der Waals surface area contributed by atoms with Crippen LogP contribution in [0.4, 0.5) is 0 Å². The van der Waals surface area contributed by atoms with Crippen LogP contribution >= 0.6 is 0 Å². The Labute approximate surface area is 173 Å². The summed E-state index contributed by atoms with van der Waals surface area (Å²) in [6.45, 7) is 7.70. The highest BCUT2D eigenvalue weighted by Gasteiger charge is 2.32.